The summed E-state index contributed by atoms with van der Waals surface area (Å²) in [5.41, 5.74) is 1.66. The van der Waals surface area contributed by atoms with Gasteiger partial charge in [0.15, 0.2) is 0 Å². The van der Waals surface area contributed by atoms with Gasteiger partial charge in [-0.05, 0) is 30.2 Å². The third-order valence-corrected chi connectivity index (χ3v) is 3.28. The maximum atomic E-state index is 13.8. The van der Waals surface area contributed by atoms with Crippen LogP contribution in [0.4, 0.5) is 10.1 Å². The molecule has 2 aromatic rings. The van der Waals surface area contributed by atoms with Crippen LogP contribution in [0.5, 0.6) is 0 Å². The summed E-state index contributed by atoms with van der Waals surface area (Å²) < 4.78 is 13.8. The molecule has 0 aromatic heterocycles. The highest BCUT2D eigenvalue weighted by Gasteiger charge is 2.12. The van der Waals surface area contributed by atoms with Crippen LogP contribution in [0.25, 0.3) is 0 Å². The zero-order valence-corrected chi connectivity index (χ0v) is 11.6. The van der Waals surface area contributed by atoms with Gasteiger partial charge in [-0.15, -0.1) is 0 Å². The summed E-state index contributed by atoms with van der Waals surface area (Å²) in [5, 5.41) is 3.67. The van der Waals surface area contributed by atoms with E-state index >= 15 is 0 Å². The van der Waals surface area contributed by atoms with E-state index in [1.165, 1.54) is 11.6 Å². The quantitative estimate of drug-likeness (QED) is 0.768. The minimum atomic E-state index is -0.315. The molecule has 0 aliphatic heterocycles. The molecule has 2 rings (SSSR count). The molecule has 0 bridgehead atoms. The highest BCUT2D eigenvalue weighted by molar-refractivity contribution is 6.30. The molecular formula is C16H17ClFN. The van der Waals surface area contributed by atoms with E-state index in [4.69, 9.17) is 11.6 Å². The Morgan fingerprint density at radius 2 is 1.89 bits per heavy atom. The SMILES string of the molecule is CCCC(Nc1ccc(Cl)cc1F)c1ccccc1. The van der Waals surface area contributed by atoms with E-state index in [1.54, 1.807) is 12.1 Å². The molecule has 100 valence electrons. The number of rotatable bonds is 5. The lowest BCUT2D eigenvalue weighted by Crippen LogP contribution is -2.11. The van der Waals surface area contributed by atoms with E-state index in [2.05, 4.69) is 24.4 Å². The number of hydrogen-bond donors (Lipinski definition) is 1. The van der Waals surface area contributed by atoms with E-state index < -0.39 is 0 Å². The first kappa shape index (κ1) is 13.9. The normalized spacial score (nSPS) is 12.2. The smallest absolute Gasteiger partial charge is 0.147 e. The second-order valence-electron chi connectivity index (χ2n) is 4.52. The van der Waals surface area contributed by atoms with Crippen LogP contribution in [-0.4, -0.2) is 0 Å². The molecular weight excluding hydrogens is 261 g/mol. The van der Waals surface area contributed by atoms with Gasteiger partial charge >= 0.3 is 0 Å². The lowest BCUT2D eigenvalue weighted by Gasteiger charge is -2.20. The molecule has 0 amide bonds. The van der Waals surface area contributed by atoms with Crippen LogP contribution >= 0.6 is 11.6 Å². The van der Waals surface area contributed by atoms with Crippen molar-refractivity contribution in [1.29, 1.82) is 0 Å². The lowest BCUT2D eigenvalue weighted by molar-refractivity contribution is 0.618. The van der Waals surface area contributed by atoms with Gasteiger partial charge in [-0.25, -0.2) is 4.39 Å². The summed E-state index contributed by atoms with van der Waals surface area (Å²) in [6.07, 6.45) is 1.98. The number of anilines is 1. The van der Waals surface area contributed by atoms with E-state index in [9.17, 15) is 4.39 Å². The van der Waals surface area contributed by atoms with Crippen LogP contribution in [0.15, 0.2) is 48.5 Å². The fourth-order valence-electron chi connectivity index (χ4n) is 2.09. The fourth-order valence-corrected chi connectivity index (χ4v) is 2.25. The number of benzene rings is 2. The molecule has 2 aromatic carbocycles. The van der Waals surface area contributed by atoms with Crippen LogP contribution in [0.2, 0.25) is 5.02 Å². The Balaban J connectivity index is 2.21. The summed E-state index contributed by atoms with van der Waals surface area (Å²) in [5.74, 6) is -0.315. The summed E-state index contributed by atoms with van der Waals surface area (Å²) in [7, 11) is 0. The molecule has 1 N–H and O–H groups in total. The van der Waals surface area contributed by atoms with Gasteiger partial charge in [0.2, 0.25) is 0 Å². The van der Waals surface area contributed by atoms with E-state index in [1.807, 2.05) is 18.2 Å². The zero-order chi connectivity index (χ0) is 13.7. The van der Waals surface area contributed by atoms with Crippen molar-refractivity contribution in [2.45, 2.75) is 25.8 Å². The van der Waals surface area contributed by atoms with Gasteiger partial charge in [0.25, 0.3) is 0 Å². The lowest BCUT2D eigenvalue weighted by atomic mass is 10.0. The van der Waals surface area contributed by atoms with Crippen molar-refractivity contribution in [3.05, 3.63) is 64.9 Å². The summed E-state index contributed by atoms with van der Waals surface area (Å²) >= 11 is 5.76. The van der Waals surface area contributed by atoms with E-state index in [0.29, 0.717) is 10.7 Å². The van der Waals surface area contributed by atoms with Gasteiger partial charge in [-0.3, -0.25) is 0 Å². The Hall–Kier alpha value is -1.54. The van der Waals surface area contributed by atoms with Gasteiger partial charge in [0.1, 0.15) is 5.82 Å². The van der Waals surface area contributed by atoms with Crippen molar-refractivity contribution >= 4 is 17.3 Å². The van der Waals surface area contributed by atoms with Crippen molar-refractivity contribution < 1.29 is 4.39 Å². The number of halogens is 2. The molecule has 0 saturated heterocycles. The van der Waals surface area contributed by atoms with Gasteiger partial charge in [0.05, 0.1) is 11.7 Å². The highest BCUT2D eigenvalue weighted by Crippen LogP contribution is 2.26. The molecule has 3 heteroatoms. The minimum absolute atomic E-state index is 0.113. The first-order valence-electron chi connectivity index (χ1n) is 6.47. The Bertz CT molecular complexity index is 528. The van der Waals surface area contributed by atoms with Crippen molar-refractivity contribution in [2.75, 3.05) is 5.32 Å². The average molecular weight is 278 g/mol. The first-order chi connectivity index (χ1) is 9.20. The highest BCUT2D eigenvalue weighted by atomic mass is 35.5. The first-order valence-corrected chi connectivity index (χ1v) is 6.85. The number of nitrogens with one attached hydrogen (secondary N) is 1. The molecule has 0 saturated carbocycles. The third kappa shape index (κ3) is 3.71. The second kappa shape index (κ2) is 6.58. The molecule has 0 aliphatic rings. The predicted molar refractivity (Wildman–Crippen MR) is 79.1 cm³/mol. The Morgan fingerprint density at radius 3 is 2.53 bits per heavy atom. The average Bonchev–Trinajstić information content (AvgIpc) is 2.42. The molecule has 1 nitrogen and oxygen atoms in total. The van der Waals surface area contributed by atoms with E-state index in [0.717, 1.165) is 12.8 Å². The van der Waals surface area contributed by atoms with Crippen molar-refractivity contribution in [2.24, 2.45) is 0 Å². The largest absolute Gasteiger partial charge is 0.376 e. The Morgan fingerprint density at radius 1 is 1.16 bits per heavy atom. The van der Waals surface area contributed by atoms with Crippen LogP contribution in [0.1, 0.15) is 31.4 Å². The van der Waals surface area contributed by atoms with Gasteiger partial charge < -0.3 is 5.32 Å². The second-order valence-corrected chi connectivity index (χ2v) is 4.96. The predicted octanol–water partition coefficient (Wildman–Crippen LogP) is 5.43. The maximum absolute atomic E-state index is 13.8. The molecule has 1 unspecified atom stereocenters. The molecule has 0 heterocycles. The molecule has 19 heavy (non-hydrogen) atoms. The standard InChI is InChI=1S/C16H17ClFN/c1-2-6-15(12-7-4-3-5-8-12)19-16-10-9-13(17)11-14(16)18/h3-5,7-11,15,19H,2,6H2,1H3. The van der Waals surface area contributed by atoms with Crippen LogP contribution < -0.4 is 5.32 Å². The number of hydrogen-bond acceptors (Lipinski definition) is 1. The van der Waals surface area contributed by atoms with Crippen molar-refractivity contribution in [3.63, 3.8) is 0 Å². The maximum Gasteiger partial charge on any atom is 0.147 e. The third-order valence-electron chi connectivity index (χ3n) is 3.04. The molecule has 0 fully saturated rings. The molecule has 0 spiro atoms. The van der Waals surface area contributed by atoms with Crippen molar-refractivity contribution in [1.82, 2.24) is 0 Å². The van der Waals surface area contributed by atoms with Crippen molar-refractivity contribution in [3.8, 4) is 0 Å². The fraction of sp³-hybridized carbons (Fsp3) is 0.250. The molecule has 1 atom stereocenters. The van der Waals surface area contributed by atoms with Crippen LogP contribution in [0, 0.1) is 5.82 Å². The van der Waals surface area contributed by atoms with Gasteiger partial charge in [-0.2, -0.15) is 0 Å². The summed E-state index contributed by atoms with van der Waals surface area (Å²) in [4.78, 5) is 0. The van der Waals surface area contributed by atoms with Gasteiger partial charge in [0, 0.05) is 5.02 Å². The van der Waals surface area contributed by atoms with Crippen LogP contribution in [0.3, 0.4) is 0 Å². The van der Waals surface area contributed by atoms with Crippen LogP contribution in [-0.2, 0) is 0 Å². The van der Waals surface area contributed by atoms with Gasteiger partial charge in [-0.1, -0.05) is 55.3 Å². The zero-order valence-electron chi connectivity index (χ0n) is 10.9. The Labute approximate surface area is 118 Å². The summed E-state index contributed by atoms with van der Waals surface area (Å²) in [6, 6.07) is 14.9. The molecule has 0 radical (unpaired) electrons. The Kier molecular flexibility index (Phi) is 4.80. The monoisotopic (exact) mass is 277 g/mol. The molecule has 0 aliphatic carbocycles. The van der Waals surface area contributed by atoms with E-state index in [-0.39, 0.29) is 11.9 Å². The minimum Gasteiger partial charge on any atom is -0.376 e. The topological polar surface area (TPSA) is 12.0 Å². The summed E-state index contributed by atoms with van der Waals surface area (Å²) in [6.45, 7) is 2.12.